The number of nitrogens with one attached hydrogen (secondary N) is 2. The molecule has 2 atom stereocenters. The zero-order chi connectivity index (χ0) is 15.0. The van der Waals surface area contributed by atoms with E-state index < -0.39 is 17.9 Å². The molecule has 0 bridgehead atoms. The molecule has 6 nitrogen and oxygen atoms in total. The number of rotatable bonds is 5. The van der Waals surface area contributed by atoms with E-state index in [0.717, 1.165) is 25.7 Å². The molecule has 3 N–H and O–H groups in total. The van der Waals surface area contributed by atoms with Gasteiger partial charge in [-0.05, 0) is 31.6 Å². The van der Waals surface area contributed by atoms with Crippen LogP contribution in [0.4, 0.5) is 4.79 Å². The van der Waals surface area contributed by atoms with Crippen LogP contribution in [0.25, 0.3) is 0 Å². The van der Waals surface area contributed by atoms with Crippen LogP contribution in [0.5, 0.6) is 0 Å². The van der Waals surface area contributed by atoms with Crippen molar-refractivity contribution in [3.8, 4) is 0 Å². The average molecular weight is 284 g/mol. The van der Waals surface area contributed by atoms with Gasteiger partial charge in [0.05, 0.1) is 0 Å². The number of aliphatic carboxylic acids is 1. The fraction of sp³-hybridized carbons (Fsp3) is 0.786. The van der Waals surface area contributed by atoms with Crippen LogP contribution >= 0.6 is 0 Å². The standard InChI is InChI=1S/C14H24N2O4/c1-10-4-2-5-11(9-8-10)15-14(20)16-12(17)6-3-7-13(18)19/h10-11H,2-9H2,1H3,(H,18,19)(H2,15,16,17,20). The first-order chi connectivity index (χ1) is 9.47. The van der Waals surface area contributed by atoms with Crippen LogP contribution in [0.2, 0.25) is 0 Å². The summed E-state index contributed by atoms with van der Waals surface area (Å²) in [5, 5.41) is 13.5. The highest BCUT2D eigenvalue weighted by Crippen LogP contribution is 2.22. The molecule has 1 aliphatic carbocycles. The highest BCUT2D eigenvalue weighted by molar-refractivity contribution is 5.94. The molecule has 6 heteroatoms. The number of carboxylic acid groups (broad SMARTS) is 1. The van der Waals surface area contributed by atoms with Crippen LogP contribution in [-0.2, 0) is 9.59 Å². The summed E-state index contributed by atoms with van der Waals surface area (Å²) in [4.78, 5) is 33.4. The molecule has 0 aliphatic heterocycles. The SMILES string of the molecule is CC1CCCC(NC(=O)NC(=O)CCCC(=O)O)CC1. The van der Waals surface area contributed by atoms with Crippen molar-refractivity contribution in [2.24, 2.45) is 5.92 Å². The molecule has 2 unspecified atom stereocenters. The molecule has 0 heterocycles. The second kappa shape index (κ2) is 8.55. The normalized spacial score (nSPS) is 22.6. The van der Waals surface area contributed by atoms with E-state index in [0.29, 0.717) is 5.92 Å². The first-order valence-electron chi connectivity index (χ1n) is 7.29. The maximum Gasteiger partial charge on any atom is 0.321 e. The number of carbonyl (C=O) groups excluding carboxylic acids is 2. The summed E-state index contributed by atoms with van der Waals surface area (Å²) in [6.07, 6.45) is 5.52. The molecule has 3 amide bonds. The number of carboxylic acids is 1. The molecule has 1 saturated carbocycles. The molecule has 0 aromatic heterocycles. The summed E-state index contributed by atoms with van der Waals surface area (Å²) >= 11 is 0. The van der Waals surface area contributed by atoms with Crippen molar-refractivity contribution in [3.63, 3.8) is 0 Å². The van der Waals surface area contributed by atoms with Crippen molar-refractivity contribution in [2.75, 3.05) is 0 Å². The Labute approximate surface area is 119 Å². The quantitative estimate of drug-likeness (QED) is 0.673. The third-order valence-electron chi connectivity index (χ3n) is 3.64. The summed E-state index contributed by atoms with van der Waals surface area (Å²) in [6.45, 7) is 2.22. The minimum atomic E-state index is -0.935. The van der Waals surface area contributed by atoms with Crippen LogP contribution in [0.3, 0.4) is 0 Å². The Bertz CT molecular complexity index is 357. The lowest BCUT2D eigenvalue weighted by Gasteiger charge is -2.16. The molecule has 0 spiro atoms. The zero-order valence-corrected chi connectivity index (χ0v) is 12.0. The number of hydrogen-bond acceptors (Lipinski definition) is 3. The smallest absolute Gasteiger partial charge is 0.321 e. The van der Waals surface area contributed by atoms with Crippen LogP contribution in [0.1, 0.15) is 58.3 Å². The Morgan fingerprint density at radius 2 is 1.85 bits per heavy atom. The van der Waals surface area contributed by atoms with Gasteiger partial charge in [0.25, 0.3) is 0 Å². The van der Waals surface area contributed by atoms with E-state index >= 15 is 0 Å². The highest BCUT2D eigenvalue weighted by atomic mass is 16.4. The van der Waals surface area contributed by atoms with Crippen LogP contribution < -0.4 is 10.6 Å². The van der Waals surface area contributed by atoms with Gasteiger partial charge in [-0.1, -0.05) is 19.8 Å². The van der Waals surface area contributed by atoms with Gasteiger partial charge in [-0.25, -0.2) is 4.79 Å². The number of hydrogen-bond donors (Lipinski definition) is 3. The zero-order valence-electron chi connectivity index (χ0n) is 12.0. The van der Waals surface area contributed by atoms with E-state index in [-0.39, 0.29) is 25.3 Å². The number of carbonyl (C=O) groups is 3. The summed E-state index contributed by atoms with van der Waals surface area (Å²) < 4.78 is 0. The predicted molar refractivity (Wildman–Crippen MR) is 74.2 cm³/mol. The molecule has 0 aromatic carbocycles. The molecular formula is C14H24N2O4. The molecule has 1 aliphatic rings. The van der Waals surface area contributed by atoms with Crippen molar-refractivity contribution in [2.45, 2.75) is 64.3 Å². The van der Waals surface area contributed by atoms with Gasteiger partial charge in [0.2, 0.25) is 5.91 Å². The number of urea groups is 1. The van der Waals surface area contributed by atoms with Gasteiger partial charge in [-0.3, -0.25) is 14.9 Å². The fourth-order valence-electron chi connectivity index (χ4n) is 2.44. The molecule has 1 fully saturated rings. The topological polar surface area (TPSA) is 95.5 Å². The minimum Gasteiger partial charge on any atom is -0.481 e. The van der Waals surface area contributed by atoms with Gasteiger partial charge < -0.3 is 10.4 Å². The van der Waals surface area contributed by atoms with E-state index in [2.05, 4.69) is 17.6 Å². The van der Waals surface area contributed by atoms with E-state index in [1.807, 2.05) is 0 Å². The van der Waals surface area contributed by atoms with E-state index in [4.69, 9.17) is 5.11 Å². The second-order valence-corrected chi connectivity index (χ2v) is 5.58. The lowest BCUT2D eigenvalue weighted by atomic mass is 10.0. The van der Waals surface area contributed by atoms with Gasteiger partial charge in [0.1, 0.15) is 0 Å². The van der Waals surface area contributed by atoms with Crippen molar-refractivity contribution >= 4 is 17.9 Å². The maximum absolute atomic E-state index is 11.7. The van der Waals surface area contributed by atoms with Gasteiger partial charge in [-0.15, -0.1) is 0 Å². The molecule has 20 heavy (non-hydrogen) atoms. The molecule has 0 aromatic rings. The third kappa shape index (κ3) is 7.11. The first kappa shape index (κ1) is 16.5. The van der Waals surface area contributed by atoms with E-state index in [1.54, 1.807) is 0 Å². The monoisotopic (exact) mass is 284 g/mol. The van der Waals surface area contributed by atoms with Gasteiger partial charge in [0, 0.05) is 18.9 Å². The lowest BCUT2D eigenvalue weighted by molar-refractivity contribution is -0.137. The Balaban J connectivity index is 2.21. The molecule has 114 valence electrons. The maximum atomic E-state index is 11.7. The Morgan fingerprint density at radius 1 is 1.10 bits per heavy atom. The Hall–Kier alpha value is -1.59. The minimum absolute atomic E-state index is 0.0570. The predicted octanol–water partition coefficient (Wildman–Crippen LogP) is 2.04. The Morgan fingerprint density at radius 3 is 2.55 bits per heavy atom. The average Bonchev–Trinajstić information content (AvgIpc) is 2.53. The molecule has 0 radical (unpaired) electrons. The summed E-state index contributed by atoms with van der Waals surface area (Å²) in [7, 11) is 0. The van der Waals surface area contributed by atoms with Gasteiger partial charge in [-0.2, -0.15) is 0 Å². The lowest BCUT2D eigenvalue weighted by Crippen LogP contribution is -2.44. The van der Waals surface area contributed by atoms with Gasteiger partial charge in [0.15, 0.2) is 0 Å². The number of imide groups is 1. The molecule has 1 rings (SSSR count). The van der Waals surface area contributed by atoms with Crippen molar-refractivity contribution < 1.29 is 19.5 Å². The summed E-state index contributed by atoms with van der Waals surface area (Å²) in [6, 6.07) is -0.336. The molecular weight excluding hydrogens is 260 g/mol. The second-order valence-electron chi connectivity index (χ2n) is 5.58. The van der Waals surface area contributed by atoms with Crippen LogP contribution in [-0.4, -0.2) is 29.1 Å². The number of amides is 3. The highest BCUT2D eigenvalue weighted by Gasteiger charge is 2.18. The fourth-order valence-corrected chi connectivity index (χ4v) is 2.44. The Kier molecular flexibility index (Phi) is 7.04. The summed E-state index contributed by atoms with van der Waals surface area (Å²) in [5.41, 5.74) is 0. The summed E-state index contributed by atoms with van der Waals surface area (Å²) in [5.74, 6) is -0.664. The molecule has 0 saturated heterocycles. The van der Waals surface area contributed by atoms with Crippen molar-refractivity contribution in [3.05, 3.63) is 0 Å². The van der Waals surface area contributed by atoms with E-state index in [1.165, 1.54) is 6.42 Å². The van der Waals surface area contributed by atoms with Gasteiger partial charge >= 0.3 is 12.0 Å². The van der Waals surface area contributed by atoms with Crippen molar-refractivity contribution in [1.29, 1.82) is 0 Å². The first-order valence-corrected chi connectivity index (χ1v) is 7.29. The largest absolute Gasteiger partial charge is 0.481 e. The third-order valence-corrected chi connectivity index (χ3v) is 3.64. The van der Waals surface area contributed by atoms with Crippen molar-refractivity contribution in [1.82, 2.24) is 10.6 Å². The van der Waals surface area contributed by atoms with E-state index in [9.17, 15) is 14.4 Å². The van der Waals surface area contributed by atoms with Crippen LogP contribution in [0.15, 0.2) is 0 Å². The van der Waals surface area contributed by atoms with Crippen LogP contribution in [0, 0.1) is 5.92 Å².